The van der Waals surface area contributed by atoms with Gasteiger partial charge in [0.25, 0.3) is 0 Å². The summed E-state index contributed by atoms with van der Waals surface area (Å²) in [4.78, 5) is 0. The topological polar surface area (TPSA) is 56.5 Å². The van der Waals surface area contributed by atoms with Crippen LogP contribution in [0.25, 0.3) is 0 Å². The number of hydrazine groups is 1. The second-order valence-electron chi connectivity index (χ2n) is 4.95. The van der Waals surface area contributed by atoms with Gasteiger partial charge in [-0.25, -0.2) is 0 Å². The van der Waals surface area contributed by atoms with Crippen LogP contribution in [0, 0.1) is 0 Å². The molecule has 0 saturated carbocycles. The third kappa shape index (κ3) is 2.83. The molecule has 0 aromatic heterocycles. The van der Waals surface area contributed by atoms with Crippen LogP contribution in [0.15, 0.2) is 18.2 Å². The number of fused-ring (bicyclic) bond motifs is 1. The van der Waals surface area contributed by atoms with Gasteiger partial charge in [-0.05, 0) is 36.3 Å². The highest BCUT2D eigenvalue weighted by molar-refractivity contribution is 8.00. The van der Waals surface area contributed by atoms with E-state index in [0.717, 1.165) is 31.1 Å². The molecule has 0 radical (unpaired) electrons. The minimum atomic E-state index is 0.185. The van der Waals surface area contributed by atoms with Gasteiger partial charge in [-0.1, -0.05) is 6.07 Å². The van der Waals surface area contributed by atoms with Crippen molar-refractivity contribution in [1.82, 2.24) is 5.43 Å². The first-order valence-electron chi connectivity index (χ1n) is 6.86. The summed E-state index contributed by atoms with van der Waals surface area (Å²) in [5.41, 5.74) is 4.15. The lowest BCUT2D eigenvalue weighted by molar-refractivity contribution is 0.297. The summed E-state index contributed by atoms with van der Waals surface area (Å²) >= 11 is 2.00. The molecule has 19 heavy (non-hydrogen) atoms. The van der Waals surface area contributed by atoms with E-state index in [0.29, 0.717) is 5.25 Å². The Bertz CT molecular complexity index is 435. The third-order valence-electron chi connectivity index (χ3n) is 3.65. The second-order valence-corrected chi connectivity index (χ2v) is 6.30. The van der Waals surface area contributed by atoms with Crippen molar-refractivity contribution in [2.75, 3.05) is 19.0 Å². The number of ether oxygens (including phenoxy) is 2. The van der Waals surface area contributed by atoms with E-state index in [1.54, 1.807) is 0 Å². The Kier molecular flexibility index (Phi) is 4.15. The highest BCUT2D eigenvalue weighted by Gasteiger charge is 2.27. The van der Waals surface area contributed by atoms with Gasteiger partial charge in [0.15, 0.2) is 11.5 Å². The van der Waals surface area contributed by atoms with Crippen LogP contribution in [0.5, 0.6) is 11.5 Å². The highest BCUT2D eigenvalue weighted by Crippen LogP contribution is 2.38. The average Bonchev–Trinajstić information content (AvgIpc) is 2.85. The van der Waals surface area contributed by atoms with Crippen molar-refractivity contribution in [1.29, 1.82) is 0 Å². The number of hydrogen-bond acceptors (Lipinski definition) is 5. The van der Waals surface area contributed by atoms with Crippen LogP contribution in [0.1, 0.15) is 30.9 Å². The van der Waals surface area contributed by atoms with Crippen LogP contribution in [-0.4, -0.2) is 24.2 Å². The van der Waals surface area contributed by atoms with Crippen LogP contribution in [0.3, 0.4) is 0 Å². The number of nitrogens with two attached hydrogens (primary N) is 1. The first kappa shape index (κ1) is 13.1. The van der Waals surface area contributed by atoms with Crippen LogP contribution >= 0.6 is 11.8 Å². The molecular formula is C14H20N2O2S. The number of benzene rings is 1. The maximum atomic E-state index is 5.76. The third-order valence-corrected chi connectivity index (χ3v) is 5.11. The average molecular weight is 280 g/mol. The normalized spacial score (nSPS) is 23.9. The van der Waals surface area contributed by atoms with Gasteiger partial charge in [0, 0.05) is 11.7 Å². The largest absolute Gasteiger partial charge is 0.490 e. The Balaban J connectivity index is 1.85. The van der Waals surface area contributed by atoms with E-state index in [1.165, 1.54) is 24.2 Å². The summed E-state index contributed by atoms with van der Waals surface area (Å²) in [6, 6.07) is 6.35. The molecule has 0 aliphatic carbocycles. The lowest BCUT2D eigenvalue weighted by Crippen LogP contribution is -2.34. The molecule has 2 aliphatic heterocycles. The predicted molar refractivity (Wildman–Crippen MR) is 77.6 cm³/mol. The molecular weight excluding hydrogens is 260 g/mol. The van der Waals surface area contributed by atoms with Crippen molar-refractivity contribution in [3.05, 3.63) is 23.8 Å². The predicted octanol–water partition coefficient (Wildman–Crippen LogP) is 2.25. The lowest BCUT2D eigenvalue weighted by atomic mass is 10.0. The van der Waals surface area contributed by atoms with Gasteiger partial charge in [0.1, 0.15) is 0 Å². The molecule has 0 bridgehead atoms. The number of nitrogens with one attached hydrogen (secondary N) is 1. The van der Waals surface area contributed by atoms with Crippen molar-refractivity contribution in [2.24, 2.45) is 5.84 Å². The summed E-state index contributed by atoms with van der Waals surface area (Å²) in [7, 11) is 0. The Hall–Kier alpha value is -0.910. The summed E-state index contributed by atoms with van der Waals surface area (Å²) in [5, 5.41) is 0.551. The Morgan fingerprint density at radius 3 is 2.79 bits per heavy atom. The first-order chi connectivity index (χ1) is 9.38. The molecule has 2 atom stereocenters. The van der Waals surface area contributed by atoms with Gasteiger partial charge < -0.3 is 9.47 Å². The first-order valence-corrected chi connectivity index (χ1v) is 7.90. The van der Waals surface area contributed by atoms with Gasteiger partial charge in [-0.15, -0.1) is 0 Å². The molecule has 2 heterocycles. The minimum absolute atomic E-state index is 0.185. The molecule has 3 rings (SSSR count). The molecule has 1 aromatic rings. The number of rotatable bonds is 3. The highest BCUT2D eigenvalue weighted by atomic mass is 32.2. The van der Waals surface area contributed by atoms with E-state index in [1.807, 2.05) is 17.8 Å². The van der Waals surface area contributed by atoms with E-state index in [-0.39, 0.29) is 6.04 Å². The van der Waals surface area contributed by atoms with Crippen LogP contribution < -0.4 is 20.7 Å². The van der Waals surface area contributed by atoms with Crippen molar-refractivity contribution in [3.63, 3.8) is 0 Å². The van der Waals surface area contributed by atoms with Crippen LogP contribution in [-0.2, 0) is 0 Å². The van der Waals surface area contributed by atoms with Crippen molar-refractivity contribution in [2.45, 2.75) is 30.6 Å². The zero-order valence-corrected chi connectivity index (χ0v) is 11.7. The van der Waals surface area contributed by atoms with Crippen LogP contribution in [0.2, 0.25) is 0 Å². The maximum Gasteiger partial charge on any atom is 0.161 e. The second kappa shape index (κ2) is 6.03. The molecule has 2 aliphatic rings. The van der Waals surface area contributed by atoms with Crippen LogP contribution in [0.4, 0.5) is 0 Å². The summed E-state index contributed by atoms with van der Waals surface area (Å²) in [6.07, 6.45) is 3.42. The Morgan fingerprint density at radius 2 is 2.05 bits per heavy atom. The molecule has 1 fully saturated rings. The van der Waals surface area contributed by atoms with E-state index >= 15 is 0 Å². The zero-order chi connectivity index (χ0) is 13.1. The number of thioether (sulfide) groups is 1. The molecule has 1 saturated heterocycles. The molecule has 0 amide bonds. The summed E-state index contributed by atoms with van der Waals surface area (Å²) in [5.74, 6) is 8.67. The van der Waals surface area contributed by atoms with Crippen molar-refractivity contribution >= 4 is 11.8 Å². The fourth-order valence-electron chi connectivity index (χ4n) is 2.66. The molecule has 3 N–H and O–H groups in total. The monoisotopic (exact) mass is 280 g/mol. The quantitative estimate of drug-likeness (QED) is 0.657. The van der Waals surface area contributed by atoms with Gasteiger partial charge >= 0.3 is 0 Å². The standard InChI is InChI=1S/C14H20N2O2S/c15-16-14(13-3-1-8-19-13)10-4-5-11-12(9-10)18-7-2-6-17-11/h4-5,9,13-14,16H,1-3,6-8,15H2. The summed E-state index contributed by atoms with van der Waals surface area (Å²) < 4.78 is 11.4. The van der Waals surface area contributed by atoms with E-state index in [4.69, 9.17) is 15.3 Å². The van der Waals surface area contributed by atoms with E-state index in [9.17, 15) is 0 Å². The zero-order valence-electron chi connectivity index (χ0n) is 10.9. The van der Waals surface area contributed by atoms with Gasteiger partial charge in [-0.3, -0.25) is 11.3 Å². The van der Waals surface area contributed by atoms with Gasteiger partial charge in [0.2, 0.25) is 0 Å². The molecule has 5 heteroatoms. The van der Waals surface area contributed by atoms with Gasteiger partial charge in [-0.2, -0.15) is 11.8 Å². The fraction of sp³-hybridized carbons (Fsp3) is 0.571. The van der Waals surface area contributed by atoms with E-state index in [2.05, 4.69) is 17.6 Å². The molecule has 1 aromatic carbocycles. The fourth-order valence-corrected chi connectivity index (χ4v) is 4.05. The SMILES string of the molecule is NNC(c1ccc2c(c1)OCCCO2)C1CCCS1. The minimum Gasteiger partial charge on any atom is -0.490 e. The summed E-state index contributed by atoms with van der Waals surface area (Å²) in [6.45, 7) is 1.44. The van der Waals surface area contributed by atoms with E-state index < -0.39 is 0 Å². The molecule has 4 nitrogen and oxygen atoms in total. The number of hydrogen-bond donors (Lipinski definition) is 2. The lowest BCUT2D eigenvalue weighted by Gasteiger charge is -2.23. The maximum absolute atomic E-state index is 5.76. The molecule has 2 unspecified atom stereocenters. The van der Waals surface area contributed by atoms with Crippen molar-refractivity contribution in [3.8, 4) is 11.5 Å². The smallest absolute Gasteiger partial charge is 0.161 e. The molecule has 0 spiro atoms. The van der Waals surface area contributed by atoms with Gasteiger partial charge in [0.05, 0.1) is 19.3 Å². The Labute approximate surface area is 118 Å². The Morgan fingerprint density at radius 1 is 1.21 bits per heavy atom. The molecule has 104 valence electrons. The van der Waals surface area contributed by atoms with Crippen molar-refractivity contribution < 1.29 is 9.47 Å².